The van der Waals surface area contributed by atoms with Crippen molar-refractivity contribution in [3.8, 4) is 17.2 Å². The normalized spacial score (nSPS) is 14.6. The van der Waals surface area contributed by atoms with Crippen LogP contribution in [0.15, 0.2) is 64.6 Å². The predicted octanol–water partition coefficient (Wildman–Crippen LogP) is 5.33. The average molecular weight is 565 g/mol. The number of nitrogens with one attached hydrogen (secondary N) is 1. The van der Waals surface area contributed by atoms with Gasteiger partial charge in [-0.2, -0.15) is 0 Å². The number of methoxy groups -OCH3 is 2. The van der Waals surface area contributed by atoms with Gasteiger partial charge in [-0.05, 0) is 83.4 Å². The molecule has 0 saturated carbocycles. The molecular formula is C28H25BrN2O6. The monoisotopic (exact) mass is 564 g/mol. The van der Waals surface area contributed by atoms with E-state index in [9.17, 15) is 14.4 Å². The number of carbonyl (C=O) groups is 3. The van der Waals surface area contributed by atoms with E-state index in [0.717, 1.165) is 21.6 Å². The Morgan fingerprint density at radius 3 is 2.22 bits per heavy atom. The Bertz CT molecular complexity index is 1390. The highest BCUT2D eigenvalue weighted by molar-refractivity contribution is 9.10. The number of hydrogen-bond acceptors (Lipinski definition) is 6. The molecule has 0 spiro atoms. The van der Waals surface area contributed by atoms with Crippen molar-refractivity contribution in [2.24, 2.45) is 0 Å². The zero-order chi connectivity index (χ0) is 26.7. The molecule has 0 aliphatic carbocycles. The minimum absolute atomic E-state index is 0.201. The third-order valence-corrected chi connectivity index (χ3v) is 6.25. The number of carbonyl (C=O) groups excluding carboxylic acids is 3. The van der Waals surface area contributed by atoms with Crippen molar-refractivity contribution in [2.45, 2.75) is 20.5 Å². The summed E-state index contributed by atoms with van der Waals surface area (Å²) < 4.78 is 17.3. The van der Waals surface area contributed by atoms with Gasteiger partial charge in [0.15, 0.2) is 11.5 Å². The Morgan fingerprint density at radius 2 is 1.59 bits per heavy atom. The summed E-state index contributed by atoms with van der Waals surface area (Å²) in [5, 5.41) is 2.22. The number of ether oxygens (including phenoxy) is 3. The molecule has 0 unspecified atom stereocenters. The van der Waals surface area contributed by atoms with Crippen LogP contribution in [-0.4, -0.2) is 32.1 Å². The Kier molecular flexibility index (Phi) is 7.63. The van der Waals surface area contributed by atoms with E-state index in [-0.39, 0.29) is 5.57 Å². The van der Waals surface area contributed by atoms with E-state index in [1.54, 1.807) is 36.4 Å². The minimum atomic E-state index is -0.828. The fourth-order valence-electron chi connectivity index (χ4n) is 4.06. The smallest absolute Gasteiger partial charge is 0.335 e. The van der Waals surface area contributed by atoms with Crippen molar-refractivity contribution >= 4 is 45.5 Å². The first-order valence-corrected chi connectivity index (χ1v) is 12.1. The fraction of sp³-hybridized carbons (Fsp3) is 0.179. The molecule has 0 radical (unpaired) electrons. The van der Waals surface area contributed by atoms with Crippen molar-refractivity contribution in [3.05, 3.63) is 86.9 Å². The predicted molar refractivity (Wildman–Crippen MR) is 143 cm³/mol. The highest BCUT2D eigenvalue weighted by Crippen LogP contribution is 2.38. The minimum Gasteiger partial charge on any atom is -0.497 e. The Morgan fingerprint density at radius 1 is 0.919 bits per heavy atom. The van der Waals surface area contributed by atoms with E-state index < -0.39 is 17.8 Å². The number of benzene rings is 3. The highest BCUT2D eigenvalue weighted by atomic mass is 79.9. The van der Waals surface area contributed by atoms with E-state index in [2.05, 4.69) is 39.4 Å². The molecule has 8 nitrogen and oxygen atoms in total. The van der Waals surface area contributed by atoms with E-state index in [1.807, 2.05) is 13.8 Å². The zero-order valence-electron chi connectivity index (χ0n) is 20.8. The van der Waals surface area contributed by atoms with Crippen molar-refractivity contribution in [1.82, 2.24) is 5.32 Å². The summed E-state index contributed by atoms with van der Waals surface area (Å²) in [6.45, 7) is 4.39. The van der Waals surface area contributed by atoms with Crippen molar-refractivity contribution < 1.29 is 28.6 Å². The molecule has 1 N–H and O–H groups in total. The summed E-state index contributed by atoms with van der Waals surface area (Å²) in [6, 6.07) is 15.1. The van der Waals surface area contributed by atoms with Gasteiger partial charge in [0, 0.05) is 0 Å². The molecule has 4 rings (SSSR count). The van der Waals surface area contributed by atoms with Crippen LogP contribution in [0, 0.1) is 13.8 Å². The molecule has 1 saturated heterocycles. The number of halogens is 1. The summed E-state index contributed by atoms with van der Waals surface area (Å²) >= 11 is 3.51. The summed E-state index contributed by atoms with van der Waals surface area (Å²) in [5.74, 6) is -0.0676. The number of nitrogens with zero attached hydrogens (tertiary/aromatic N) is 1. The van der Waals surface area contributed by atoms with Gasteiger partial charge in [0.2, 0.25) is 0 Å². The van der Waals surface area contributed by atoms with Gasteiger partial charge in [-0.3, -0.25) is 14.9 Å². The highest BCUT2D eigenvalue weighted by Gasteiger charge is 2.36. The van der Waals surface area contributed by atoms with Crippen molar-refractivity contribution in [3.63, 3.8) is 0 Å². The second-order valence-electron chi connectivity index (χ2n) is 8.47. The molecule has 37 heavy (non-hydrogen) atoms. The lowest BCUT2D eigenvalue weighted by Gasteiger charge is -2.26. The second kappa shape index (κ2) is 10.9. The van der Waals surface area contributed by atoms with Crippen LogP contribution in [0.2, 0.25) is 0 Å². The third kappa shape index (κ3) is 5.67. The fourth-order valence-corrected chi connectivity index (χ4v) is 4.64. The molecule has 0 aromatic heterocycles. The maximum atomic E-state index is 13.2. The Labute approximate surface area is 223 Å². The van der Waals surface area contributed by atoms with Crippen LogP contribution in [0.3, 0.4) is 0 Å². The van der Waals surface area contributed by atoms with Crippen LogP contribution < -0.4 is 24.4 Å². The number of aryl methyl sites for hydroxylation is 2. The van der Waals surface area contributed by atoms with Gasteiger partial charge >= 0.3 is 6.03 Å². The van der Waals surface area contributed by atoms with Crippen LogP contribution in [0.25, 0.3) is 6.08 Å². The largest absolute Gasteiger partial charge is 0.497 e. The Balaban J connectivity index is 1.63. The second-order valence-corrected chi connectivity index (χ2v) is 9.33. The third-order valence-electron chi connectivity index (χ3n) is 5.66. The SMILES string of the molecule is COc1ccc(N2C(=O)NC(=O)/C(=C\c3cc(Br)c(OCc4cc(C)cc(C)c4)c(OC)c3)C2=O)cc1. The standard InChI is InChI=1S/C28H25BrN2O6/c1-16-9-17(2)11-19(10-16)15-37-25-23(29)13-18(14-24(25)36-4)12-22-26(32)30-28(34)31(27(22)33)20-5-7-21(35-3)8-6-20/h5-14H,15H2,1-4H3,(H,30,32,34)/b22-12+. The van der Waals surface area contributed by atoms with Gasteiger partial charge in [0.05, 0.1) is 24.4 Å². The molecule has 190 valence electrons. The number of imide groups is 2. The lowest BCUT2D eigenvalue weighted by atomic mass is 10.1. The first-order chi connectivity index (χ1) is 17.7. The van der Waals surface area contributed by atoms with Gasteiger partial charge in [0.1, 0.15) is 17.9 Å². The number of urea groups is 1. The lowest BCUT2D eigenvalue weighted by molar-refractivity contribution is -0.122. The van der Waals surface area contributed by atoms with E-state index in [0.29, 0.717) is 39.6 Å². The van der Waals surface area contributed by atoms with Gasteiger partial charge in [-0.25, -0.2) is 9.69 Å². The van der Waals surface area contributed by atoms with Gasteiger partial charge < -0.3 is 14.2 Å². The zero-order valence-corrected chi connectivity index (χ0v) is 22.3. The van der Waals surface area contributed by atoms with Crippen molar-refractivity contribution in [2.75, 3.05) is 19.1 Å². The topological polar surface area (TPSA) is 94.2 Å². The maximum Gasteiger partial charge on any atom is 0.335 e. The van der Waals surface area contributed by atoms with Crippen LogP contribution in [-0.2, 0) is 16.2 Å². The quantitative estimate of drug-likeness (QED) is 0.308. The molecule has 0 atom stereocenters. The maximum absolute atomic E-state index is 13.2. The number of anilines is 1. The summed E-state index contributed by atoms with van der Waals surface area (Å²) in [7, 11) is 3.02. The van der Waals surface area contributed by atoms with Crippen molar-refractivity contribution in [1.29, 1.82) is 0 Å². The summed E-state index contributed by atoms with van der Waals surface area (Å²) in [6.07, 6.45) is 1.40. The molecule has 9 heteroatoms. The summed E-state index contributed by atoms with van der Waals surface area (Å²) in [5.41, 5.74) is 3.91. The molecule has 1 heterocycles. The first-order valence-electron chi connectivity index (χ1n) is 11.3. The first kappa shape index (κ1) is 26.0. The molecule has 3 aromatic rings. The molecule has 4 amide bonds. The molecule has 0 bridgehead atoms. The van der Waals surface area contributed by atoms with E-state index in [4.69, 9.17) is 14.2 Å². The lowest BCUT2D eigenvalue weighted by Crippen LogP contribution is -2.54. The number of hydrogen-bond donors (Lipinski definition) is 1. The number of rotatable bonds is 7. The Hall–Kier alpha value is -4.11. The average Bonchev–Trinajstić information content (AvgIpc) is 2.85. The number of barbiturate groups is 1. The summed E-state index contributed by atoms with van der Waals surface area (Å²) in [4.78, 5) is 39.2. The number of amides is 4. The molecule has 1 aliphatic heterocycles. The molecule has 3 aromatic carbocycles. The van der Waals surface area contributed by atoms with Gasteiger partial charge in [0.25, 0.3) is 11.8 Å². The molecular weight excluding hydrogens is 540 g/mol. The van der Waals surface area contributed by atoms with Crippen LogP contribution in [0.1, 0.15) is 22.3 Å². The van der Waals surface area contributed by atoms with E-state index >= 15 is 0 Å². The van der Waals surface area contributed by atoms with Gasteiger partial charge in [-0.15, -0.1) is 0 Å². The molecule has 1 aliphatic rings. The molecule has 1 fully saturated rings. The van der Waals surface area contributed by atoms with E-state index in [1.165, 1.54) is 20.3 Å². The van der Waals surface area contributed by atoms with Crippen LogP contribution >= 0.6 is 15.9 Å². The van der Waals surface area contributed by atoms with Crippen LogP contribution in [0.4, 0.5) is 10.5 Å². The van der Waals surface area contributed by atoms with Gasteiger partial charge in [-0.1, -0.05) is 29.3 Å². The van der Waals surface area contributed by atoms with Crippen LogP contribution in [0.5, 0.6) is 17.2 Å².